The number of hydrogen-bond donors (Lipinski definition) is 1. The molecular weight excluding hydrogens is 269 g/mol. The molecule has 2 heterocycles. The third-order valence-electron chi connectivity index (χ3n) is 3.40. The third kappa shape index (κ3) is 4.08. The summed E-state index contributed by atoms with van der Waals surface area (Å²) in [6.45, 7) is 2.96. The van der Waals surface area contributed by atoms with Gasteiger partial charge in [-0.1, -0.05) is 6.07 Å². The van der Waals surface area contributed by atoms with Gasteiger partial charge in [-0.15, -0.1) is 0 Å². The Labute approximate surface area is 116 Å². The van der Waals surface area contributed by atoms with Gasteiger partial charge in [-0.25, -0.2) is 4.98 Å². The fourth-order valence-corrected chi connectivity index (χ4v) is 2.24. The molecule has 20 heavy (non-hydrogen) atoms. The van der Waals surface area contributed by atoms with Gasteiger partial charge < -0.3 is 10.6 Å². The van der Waals surface area contributed by atoms with Gasteiger partial charge in [0.1, 0.15) is 5.82 Å². The molecule has 0 aliphatic carbocycles. The predicted octanol–water partition coefficient (Wildman–Crippen LogP) is 1.79. The fourth-order valence-electron chi connectivity index (χ4n) is 2.24. The van der Waals surface area contributed by atoms with Gasteiger partial charge in [0.15, 0.2) is 0 Å². The minimum Gasteiger partial charge on any atom is -0.354 e. The Morgan fingerprint density at radius 1 is 1.25 bits per heavy atom. The van der Waals surface area contributed by atoms with Crippen molar-refractivity contribution in [2.45, 2.75) is 19.1 Å². The van der Waals surface area contributed by atoms with E-state index in [2.05, 4.69) is 4.98 Å². The molecule has 0 spiro atoms. The third-order valence-corrected chi connectivity index (χ3v) is 3.40. The second-order valence-corrected chi connectivity index (χ2v) is 5.12. The van der Waals surface area contributed by atoms with E-state index in [0.29, 0.717) is 26.2 Å². The second-order valence-electron chi connectivity index (χ2n) is 5.12. The van der Waals surface area contributed by atoms with Crippen LogP contribution >= 0.6 is 0 Å². The topological polar surface area (TPSA) is 45.4 Å². The molecule has 0 unspecified atom stereocenters. The van der Waals surface area contributed by atoms with Crippen LogP contribution in [0.15, 0.2) is 18.3 Å². The van der Waals surface area contributed by atoms with E-state index in [0.717, 1.165) is 11.4 Å². The molecule has 1 aliphatic rings. The number of halogens is 3. The minimum atomic E-state index is -4.13. The number of nitrogens with zero attached hydrogens (tertiary/aromatic N) is 3. The first-order chi connectivity index (χ1) is 9.35. The van der Waals surface area contributed by atoms with Crippen LogP contribution in [0, 0.1) is 0 Å². The van der Waals surface area contributed by atoms with Crippen LogP contribution in [0.5, 0.6) is 0 Å². The van der Waals surface area contributed by atoms with Crippen LogP contribution in [0.1, 0.15) is 18.5 Å². The lowest BCUT2D eigenvalue weighted by Crippen LogP contribution is -2.49. The van der Waals surface area contributed by atoms with Crippen LogP contribution in [0.2, 0.25) is 0 Å². The molecule has 0 amide bonds. The van der Waals surface area contributed by atoms with Gasteiger partial charge in [-0.2, -0.15) is 13.2 Å². The van der Waals surface area contributed by atoms with Gasteiger partial charge in [0.05, 0.1) is 6.54 Å². The molecule has 0 radical (unpaired) electrons. The van der Waals surface area contributed by atoms with Gasteiger partial charge in [-0.3, -0.25) is 4.90 Å². The van der Waals surface area contributed by atoms with Crippen LogP contribution in [-0.2, 0) is 0 Å². The number of piperazine rings is 1. The summed E-state index contributed by atoms with van der Waals surface area (Å²) in [5.74, 6) is 0.793. The SMILES string of the molecule is C[C@H](N)c1ccc(N2CCN(CC(F)(F)F)CC2)nc1. The van der Waals surface area contributed by atoms with Crippen molar-refractivity contribution in [1.29, 1.82) is 0 Å². The van der Waals surface area contributed by atoms with Gasteiger partial charge in [0.25, 0.3) is 0 Å². The highest BCUT2D eigenvalue weighted by atomic mass is 19.4. The lowest BCUT2D eigenvalue weighted by molar-refractivity contribution is -0.146. The Morgan fingerprint density at radius 2 is 1.90 bits per heavy atom. The van der Waals surface area contributed by atoms with Gasteiger partial charge in [0.2, 0.25) is 0 Å². The molecule has 0 saturated carbocycles. The molecule has 4 nitrogen and oxygen atoms in total. The van der Waals surface area contributed by atoms with E-state index in [1.54, 1.807) is 6.20 Å². The number of aromatic nitrogens is 1. The van der Waals surface area contributed by atoms with Crippen molar-refractivity contribution >= 4 is 5.82 Å². The highest BCUT2D eigenvalue weighted by Crippen LogP contribution is 2.20. The molecular formula is C13H19F3N4. The second kappa shape index (κ2) is 5.97. The van der Waals surface area contributed by atoms with E-state index in [4.69, 9.17) is 5.73 Å². The van der Waals surface area contributed by atoms with E-state index in [9.17, 15) is 13.2 Å². The van der Waals surface area contributed by atoms with E-state index < -0.39 is 12.7 Å². The van der Waals surface area contributed by atoms with Crippen molar-refractivity contribution in [3.63, 3.8) is 0 Å². The predicted molar refractivity (Wildman–Crippen MR) is 71.5 cm³/mol. The molecule has 2 rings (SSSR count). The quantitative estimate of drug-likeness (QED) is 0.921. The first-order valence-corrected chi connectivity index (χ1v) is 6.61. The van der Waals surface area contributed by atoms with E-state index in [1.807, 2.05) is 24.0 Å². The highest BCUT2D eigenvalue weighted by Gasteiger charge is 2.32. The van der Waals surface area contributed by atoms with Crippen molar-refractivity contribution < 1.29 is 13.2 Å². The van der Waals surface area contributed by atoms with Crippen LogP contribution in [-0.4, -0.2) is 48.8 Å². The van der Waals surface area contributed by atoms with Crippen LogP contribution < -0.4 is 10.6 Å². The van der Waals surface area contributed by atoms with E-state index >= 15 is 0 Å². The maximum atomic E-state index is 12.3. The molecule has 0 aromatic carbocycles. The minimum absolute atomic E-state index is 0.0693. The van der Waals surface area contributed by atoms with Crippen molar-refractivity contribution in [1.82, 2.24) is 9.88 Å². The molecule has 0 bridgehead atoms. The van der Waals surface area contributed by atoms with Crippen molar-refractivity contribution in [3.05, 3.63) is 23.9 Å². The van der Waals surface area contributed by atoms with Crippen LogP contribution in [0.25, 0.3) is 0 Å². The molecule has 1 fully saturated rings. The fraction of sp³-hybridized carbons (Fsp3) is 0.615. The van der Waals surface area contributed by atoms with Crippen molar-refractivity contribution in [3.8, 4) is 0 Å². The molecule has 7 heteroatoms. The van der Waals surface area contributed by atoms with Gasteiger partial charge in [0, 0.05) is 38.4 Å². The van der Waals surface area contributed by atoms with E-state index in [1.165, 1.54) is 4.90 Å². The Bertz CT molecular complexity index is 422. The summed E-state index contributed by atoms with van der Waals surface area (Å²) in [7, 11) is 0. The molecule has 1 aromatic rings. The standard InChI is InChI=1S/C13H19F3N4/c1-10(17)11-2-3-12(18-8-11)20-6-4-19(5-7-20)9-13(14,15)16/h2-3,8,10H,4-7,9,17H2,1H3/t10-/m0/s1. The monoisotopic (exact) mass is 288 g/mol. The average molecular weight is 288 g/mol. The molecule has 2 N–H and O–H groups in total. The Hall–Kier alpha value is -1.34. The lowest BCUT2D eigenvalue weighted by Gasteiger charge is -2.35. The van der Waals surface area contributed by atoms with Crippen molar-refractivity contribution in [2.75, 3.05) is 37.6 Å². The summed E-state index contributed by atoms with van der Waals surface area (Å²) < 4.78 is 36.9. The number of hydrogen-bond acceptors (Lipinski definition) is 4. The zero-order valence-electron chi connectivity index (χ0n) is 11.4. The summed E-state index contributed by atoms with van der Waals surface area (Å²) in [5, 5.41) is 0. The zero-order valence-corrected chi connectivity index (χ0v) is 11.4. The lowest BCUT2D eigenvalue weighted by atomic mass is 10.1. The molecule has 1 atom stereocenters. The Balaban J connectivity index is 1.90. The van der Waals surface area contributed by atoms with Gasteiger partial charge >= 0.3 is 6.18 Å². The number of alkyl halides is 3. The van der Waals surface area contributed by atoms with Crippen LogP contribution in [0.4, 0.5) is 19.0 Å². The number of rotatable bonds is 3. The summed E-state index contributed by atoms with van der Waals surface area (Å²) in [6, 6.07) is 3.72. The first kappa shape index (κ1) is 15.1. The maximum absolute atomic E-state index is 12.3. The maximum Gasteiger partial charge on any atom is 0.401 e. The zero-order chi connectivity index (χ0) is 14.8. The van der Waals surface area contributed by atoms with Gasteiger partial charge in [-0.05, 0) is 18.6 Å². The number of nitrogens with two attached hydrogens (primary N) is 1. The van der Waals surface area contributed by atoms with Crippen LogP contribution in [0.3, 0.4) is 0 Å². The normalized spacial score (nSPS) is 19.1. The molecule has 1 aromatic heterocycles. The molecule has 1 aliphatic heterocycles. The van der Waals surface area contributed by atoms with E-state index in [-0.39, 0.29) is 6.04 Å². The summed E-state index contributed by atoms with van der Waals surface area (Å²) in [6.07, 6.45) is -2.40. The Kier molecular flexibility index (Phi) is 4.49. The Morgan fingerprint density at radius 3 is 2.35 bits per heavy atom. The first-order valence-electron chi connectivity index (χ1n) is 6.61. The smallest absolute Gasteiger partial charge is 0.354 e. The average Bonchev–Trinajstić information content (AvgIpc) is 2.38. The molecule has 1 saturated heterocycles. The summed E-state index contributed by atoms with van der Waals surface area (Å²) >= 11 is 0. The summed E-state index contributed by atoms with van der Waals surface area (Å²) in [5.41, 5.74) is 6.70. The highest BCUT2D eigenvalue weighted by molar-refractivity contribution is 5.40. The number of pyridine rings is 1. The largest absolute Gasteiger partial charge is 0.401 e. The van der Waals surface area contributed by atoms with Crippen molar-refractivity contribution in [2.24, 2.45) is 5.73 Å². The molecule has 112 valence electrons. The summed E-state index contributed by atoms with van der Waals surface area (Å²) in [4.78, 5) is 7.75. The number of anilines is 1.